The van der Waals surface area contributed by atoms with E-state index in [4.69, 9.17) is 0 Å². The van der Waals surface area contributed by atoms with E-state index in [2.05, 4.69) is 41.5 Å². The van der Waals surface area contributed by atoms with Crippen molar-refractivity contribution in [3.05, 3.63) is 47.5 Å². The predicted molar refractivity (Wildman–Crippen MR) is 107 cm³/mol. The van der Waals surface area contributed by atoms with Crippen molar-refractivity contribution in [1.29, 1.82) is 0 Å². The zero-order valence-corrected chi connectivity index (χ0v) is 17.0. The van der Waals surface area contributed by atoms with Gasteiger partial charge in [-0.05, 0) is 43.2 Å². The van der Waals surface area contributed by atoms with Gasteiger partial charge >= 0.3 is 0 Å². The summed E-state index contributed by atoms with van der Waals surface area (Å²) in [6.45, 7) is 9.65. The van der Waals surface area contributed by atoms with Crippen LogP contribution in [0.15, 0.2) is 30.7 Å². The Bertz CT molecular complexity index is 838. The van der Waals surface area contributed by atoms with E-state index in [1.165, 1.54) is 0 Å². The minimum absolute atomic E-state index is 0.0119. The van der Waals surface area contributed by atoms with E-state index >= 15 is 0 Å². The van der Waals surface area contributed by atoms with Crippen molar-refractivity contribution in [1.82, 2.24) is 25.4 Å². The largest absolute Gasteiger partial charge is 0.352 e. The summed E-state index contributed by atoms with van der Waals surface area (Å²) in [7, 11) is 0. The molecule has 0 bridgehead atoms. The summed E-state index contributed by atoms with van der Waals surface area (Å²) in [5.41, 5.74) is 2.13. The Kier molecular flexibility index (Phi) is 5.82. The Labute approximate surface area is 165 Å². The third-order valence-corrected chi connectivity index (χ3v) is 5.55. The lowest BCUT2D eigenvalue weighted by atomic mass is 9.87. The number of rotatable bonds is 5. The number of fused-ring (bicyclic) bond motifs is 1. The second-order valence-electron chi connectivity index (χ2n) is 8.60. The molecule has 28 heavy (non-hydrogen) atoms. The molecule has 150 valence electrons. The molecule has 0 aromatic carbocycles. The molecular weight excluding hydrogens is 354 g/mol. The average molecular weight is 383 g/mol. The molecule has 0 spiro atoms. The van der Waals surface area contributed by atoms with Crippen LogP contribution in [-0.2, 0) is 13.0 Å². The van der Waals surface area contributed by atoms with Crippen LogP contribution in [0.1, 0.15) is 60.5 Å². The summed E-state index contributed by atoms with van der Waals surface area (Å²) >= 11 is 0. The highest BCUT2D eigenvalue weighted by Crippen LogP contribution is 2.24. The van der Waals surface area contributed by atoms with Crippen LogP contribution in [0.25, 0.3) is 0 Å². The fourth-order valence-electron chi connectivity index (χ4n) is 3.19. The van der Waals surface area contributed by atoms with Gasteiger partial charge in [0.25, 0.3) is 11.8 Å². The molecule has 2 N–H and O–H groups in total. The summed E-state index contributed by atoms with van der Waals surface area (Å²) in [6.07, 6.45) is 6.51. The van der Waals surface area contributed by atoms with Crippen LogP contribution in [0.3, 0.4) is 0 Å². The second-order valence-corrected chi connectivity index (χ2v) is 8.60. The summed E-state index contributed by atoms with van der Waals surface area (Å²) in [5.74, 6) is 0.0734. The maximum Gasteiger partial charge on any atom is 0.254 e. The standard InChI is InChI=1S/C21H29N5O2/c1-14(21(2,3)4)25-20(28)17-13-24-26-9-7-15(10-18(17)26)11-23-19(27)16-6-5-8-22-12-16/h5-6,8,12-15H,7,9-11H2,1-4H3,(H,23,27)(H,25,28)/t14-,15-/m1/s1. The zero-order valence-electron chi connectivity index (χ0n) is 17.0. The van der Waals surface area contributed by atoms with E-state index in [0.717, 1.165) is 25.1 Å². The van der Waals surface area contributed by atoms with Crippen molar-refractivity contribution in [2.75, 3.05) is 6.54 Å². The number of hydrogen-bond donors (Lipinski definition) is 2. The van der Waals surface area contributed by atoms with Gasteiger partial charge in [0, 0.05) is 31.5 Å². The summed E-state index contributed by atoms with van der Waals surface area (Å²) < 4.78 is 1.91. The van der Waals surface area contributed by atoms with Crippen molar-refractivity contribution in [3.63, 3.8) is 0 Å². The molecule has 2 aromatic heterocycles. The molecule has 2 amide bonds. The van der Waals surface area contributed by atoms with E-state index in [1.54, 1.807) is 30.7 Å². The van der Waals surface area contributed by atoms with Crippen molar-refractivity contribution >= 4 is 11.8 Å². The van der Waals surface area contributed by atoms with Gasteiger partial charge in [-0.15, -0.1) is 0 Å². The van der Waals surface area contributed by atoms with E-state index in [1.807, 2.05) is 11.6 Å². The Morgan fingerprint density at radius 2 is 2.07 bits per heavy atom. The van der Waals surface area contributed by atoms with Crippen LogP contribution in [0.4, 0.5) is 0 Å². The normalized spacial score (nSPS) is 17.5. The van der Waals surface area contributed by atoms with Gasteiger partial charge in [-0.1, -0.05) is 20.8 Å². The minimum Gasteiger partial charge on any atom is -0.352 e. The van der Waals surface area contributed by atoms with E-state index in [9.17, 15) is 9.59 Å². The first-order chi connectivity index (χ1) is 13.3. The molecule has 0 saturated heterocycles. The van der Waals surface area contributed by atoms with Gasteiger partial charge in [-0.25, -0.2) is 0 Å². The molecule has 3 heterocycles. The van der Waals surface area contributed by atoms with Gasteiger partial charge in [0.1, 0.15) is 0 Å². The average Bonchev–Trinajstić information content (AvgIpc) is 3.09. The van der Waals surface area contributed by atoms with Crippen molar-refractivity contribution in [2.24, 2.45) is 11.3 Å². The number of carbonyl (C=O) groups is 2. The smallest absolute Gasteiger partial charge is 0.254 e. The first-order valence-electron chi connectivity index (χ1n) is 9.79. The maximum absolute atomic E-state index is 12.8. The lowest BCUT2D eigenvalue weighted by Crippen LogP contribution is -2.42. The molecule has 7 nitrogen and oxygen atoms in total. The number of nitrogens with one attached hydrogen (secondary N) is 2. The summed E-state index contributed by atoms with van der Waals surface area (Å²) in [4.78, 5) is 29.0. The van der Waals surface area contributed by atoms with E-state index < -0.39 is 0 Å². The first-order valence-corrected chi connectivity index (χ1v) is 9.79. The van der Waals surface area contributed by atoms with Gasteiger partial charge in [0.15, 0.2) is 0 Å². The van der Waals surface area contributed by atoms with Crippen LogP contribution in [0.2, 0.25) is 0 Å². The van der Waals surface area contributed by atoms with Crippen LogP contribution < -0.4 is 10.6 Å². The highest BCUT2D eigenvalue weighted by Gasteiger charge is 2.28. The fraction of sp³-hybridized carbons (Fsp3) is 0.524. The Hall–Kier alpha value is -2.70. The first kappa shape index (κ1) is 20.0. The van der Waals surface area contributed by atoms with Crippen molar-refractivity contribution in [2.45, 2.75) is 53.1 Å². The molecule has 0 fully saturated rings. The topological polar surface area (TPSA) is 88.9 Å². The number of amides is 2. The summed E-state index contributed by atoms with van der Waals surface area (Å²) in [5, 5.41) is 10.5. The lowest BCUT2D eigenvalue weighted by molar-refractivity contribution is 0.0904. The van der Waals surface area contributed by atoms with Gasteiger partial charge in [0.05, 0.1) is 23.0 Å². The van der Waals surface area contributed by atoms with Gasteiger partial charge < -0.3 is 10.6 Å². The number of hydrogen-bond acceptors (Lipinski definition) is 4. The van der Waals surface area contributed by atoms with Crippen molar-refractivity contribution in [3.8, 4) is 0 Å². The highest BCUT2D eigenvalue weighted by molar-refractivity contribution is 5.95. The minimum atomic E-state index is -0.121. The van der Waals surface area contributed by atoms with Gasteiger partial charge in [-0.3, -0.25) is 19.3 Å². The Morgan fingerprint density at radius 3 is 2.75 bits per heavy atom. The Morgan fingerprint density at radius 1 is 1.29 bits per heavy atom. The predicted octanol–water partition coefficient (Wildman–Crippen LogP) is 2.43. The highest BCUT2D eigenvalue weighted by atomic mass is 16.2. The fourth-order valence-corrected chi connectivity index (χ4v) is 3.19. The molecule has 1 aliphatic heterocycles. The van der Waals surface area contributed by atoms with Crippen LogP contribution in [-0.4, -0.2) is 39.2 Å². The van der Waals surface area contributed by atoms with Crippen molar-refractivity contribution < 1.29 is 9.59 Å². The number of aryl methyl sites for hydroxylation is 1. The van der Waals surface area contributed by atoms with Crippen LogP contribution in [0.5, 0.6) is 0 Å². The number of aromatic nitrogens is 3. The lowest BCUT2D eigenvalue weighted by Gasteiger charge is -2.28. The molecular formula is C21H29N5O2. The quantitative estimate of drug-likeness (QED) is 0.830. The number of nitrogens with zero attached hydrogens (tertiary/aromatic N) is 3. The molecule has 1 aliphatic rings. The molecule has 0 radical (unpaired) electrons. The zero-order chi connectivity index (χ0) is 20.3. The molecule has 0 unspecified atom stereocenters. The number of pyridine rings is 1. The monoisotopic (exact) mass is 383 g/mol. The van der Waals surface area contributed by atoms with Crippen LogP contribution in [0, 0.1) is 11.3 Å². The molecule has 3 rings (SSSR count). The van der Waals surface area contributed by atoms with Gasteiger partial charge in [0.2, 0.25) is 0 Å². The molecule has 2 aromatic rings. The van der Waals surface area contributed by atoms with Gasteiger partial charge in [-0.2, -0.15) is 5.10 Å². The molecule has 0 aliphatic carbocycles. The maximum atomic E-state index is 12.8. The Balaban J connectivity index is 1.62. The van der Waals surface area contributed by atoms with E-state index in [-0.39, 0.29) is 29.2 Å². The SMILES string of the molecule is C[C@@H](NC(=O)c1cnn2c1C[C@H](CNC(=O)c1cccnc1)CC2)C(C)(C)C. The summed E-state index contributed by atoms with van der Waals surface area (Å²) in [6, 6.07) is 3.54. The van der Waals surface area contributed by atoms with Crippen LogP contribution >= 0.6 is 0 Å². The van der Waals surface area contributed by atoms with E-state index in [0.29, 0.717) is 17.7 Å². The molecule has 7 heteroatoms. The molecule has 0 saturated carbocycles. The third-order valence-electron chi connectivity index (χ3n) is 5.55. The number of carbonyl (C=O) groups excluding carboxylic acids is 2. The molecule has 2 atom stereocenters. The second kappa shape index (κ2) is 8.12. The third kappa shape index (κ3) is 4.58.